The van der Waals surface area contributed by atoms with E-state index < -0.39 is 29.6 Å². The zero-order valence-electron chi connectivity index (χ0n) is 13.6. The maximum absolute atomic E-state index is 12.2. The van der Waals surface area contributed by atoms with Gasteiger partial charge in [0.05, 0.1) is 11.5 Å². The van der Waals surface area contributed by atoms with Gasteiger partial charge in [-0.05, 0) is 43.0 Å². The van der Waals surface area contributed by atoms with E-state index in [-0.39, 0.29) is 18.1 Å². The fourth-order valence-electron chi connectivity index (χ4n) is 2.02. The number of halogens is 1. The van der Waals surface area contributed by atoms with E-state index in [4.69, 9.17) is 14.6 Å². The molecule has 1 heterocycles. The van der Waals surface area contributed by atoms with Gasteiger partial charge in [0, 0.05) is 10.0 Å². The highest BCUT2D eigenvalue weighted by Gasteiger charge is 2.36. The standard InChI is InChI=1S/C16H14BrNO7S/c1-2-24-14(21)8-25-11-4-3-10(17)5-9(11)6-12-15(22)18(7-13(19)20)16(23)26-12/h3-6H,2,7-8H2,1H3,(H,19,20). The molecule has 1 N–H and O–H groups in total. The molecule has 2 rings (SSSR count). The lowest BCUT2D eigenvalue weighted by molar-refractivity contribution is -0.145. The summed E-state index contributed by atoms with van der Waals surface area (Å²) in [5.74, 6) is -2.21. The minimum absolute atomic E-state index is 0.0651. The molecular formula is C16H14BrNO7S. The first-order valence-electron chi connectivity index (χ1n) is 7.37. The Morgan fingerprint density at radius 3 is 2.73 bits per heavy atom. The van der Waals surface area contributed by atoms with Gasteiger partial charge in [-0.3, -0.25) is 19.3 Å². The monoisotopic (exact) mass is 443 g/mol. The largest absolute Gasteiger partial charge is 0.481 e. The van der Waals surface area contributed by atoms with Gasteiger partial charge >= 0.3 is 11.9 Å². The second-order valence-electron chi connectivity index (χ2n) is 4.94. The average Bonchev–Trinajstić information content (AvgIpc) is 2.81. The topological polar surface area (TPSA) is 110 Å². The number of nitrogens with zero attached hydrogens (tertiary/aromatic N) is 1. The summed E-state index contributed by atoms with van der Waals surface area (Å²) < 4.78 is 10.9. The first-order valence-corrected chi connectivity index (χ1v) is 8.98. The number of hydrogen-bond donors (Lipinski definition) is 1. The molecule has 0 unspecified atom stereocenters. The normalized spacial score (nSPS) is 15.5. The maximum atomic E-state index is 12.2. The number of hydrogen-bond acceptors (Lipinski definition) is 7. The molecule has 0 aromatic heterocycles. The molecule has 10 heteroatoms. The van der Waals surface area contributed by atoms with E-state index in [1.807, 2.05) is 0 Å². The summed E-state index contributed by atoms with van der Waals surface area (Å²) in [6, 6.07) is 4.93. The van der Waals surface area contributed by atoms with Crippen molar-refractivity contribution in [3.63, 3.8) is 0 Å². The van der Waals surface area contributed by atoms with Crippen LogP contribution < -0.4 is 4.74 Å². The fourth-order valence-corrected chi connectivity index (χ4v) is 3.22. The molecule has 0 bridgehead atoms. The van der Waals surface area contributed by atoms with E-state index in [0.717, 1.165) is 0 Å². The Morgan fingerprint density at radius 2 is 2.08 bits per heavy atom. The molecule has 1 saturated heterocycles. The Balaban J connectivity index is 2.25. The third-order valence-electron chi connectivity index (χ3n) is 3.08. The average molecular weight is 444 g/mol. The van der Waals surface area contributed by atoms with Gasteiger partial charge < -0.3 is 14.6 Å². The molecule has 1 fully saturated rings. The third-order valence-corrected chi connectivity index (χ3v) is 4.48. The number of aliphatic carboxylic acids is 1. The van der Waals surface area contributed by atoms with E-state index in [0.29, 0.717) is 32.4 Å². The minimum Gasteiger partial charge on any atom is -0.481 e. The van der Waals surface area contributed by atoms with Gasteiger partial charge in [-0.2, -0.15) is 0 Å². The lowest BCUT2D eigenvalue weighted by Crippen LogP contribution is -2.33. The van der Waals surface area contributed by atoms with Crippen molar-refractivity contribution in [3.05, 3.63) is 33.1 Å². The van der Waals surface area contributed by atoms with Gasteiger partial charge in [0.25, 0.3) is 11.1 Å². The number of benzene rings is 1. The maximum Gasteiger partial charge on any atom is 0.344 e. The van der Waals surface area contributed by atoms with E-state index in [2.05, 4.69) is 15.9 Å². The van der Waals surface area contributed by atoms with Gasteiger partial charge in [-0.25, -0.2) is 4.79 Å². The summed E-state index contributed by atoms with van der Waals surface area (Å²) in [5, 5.41) is 8.13. The Bertz CT molecular complexity index is 793. The SMILES string of the molecule is CCOC(=O)COc1ccc(Br)cc1C=C1SC(=O)N(CC(=O)O)C1=O. The number of rotatable bonds is 7. The summed E-state index contributed by atoms with van der Waals surface area (Å²) in [5.41, 5.74) is 0.449. The third kappa shape index (κ3) is 5.09. The minimum atomic E-state index is -1.28. The van der Waals surface area contributed by atoms with E-state index in [1.165, 1.54) is 6.08 Å². The number of esters is 1. The quantitative estimate of drug-likeness (QED) is 0.505. The Labute approximate surface area is 161 Å². The van der Waals surface area contributed by atoms with Gasteiger partial charge in [-0.15, -0.1) is 0 Å². The lowest BCUT2D eigenvalue weighted by atomic mass is 10.2. The summed E-state index contributed by atoms with van der Waals surface area (Å²) in [4.78, 5) is 47.0. The zero-order valence-corrected chi connectivity index (χ0v) is 16.0. The van der Waals surface area contributed by atoms with Crippen LogP contribution in [0.2, 0.25) is 0 Å². The zero-order chi connectivity index (χ0) is 19.3. The summed E-state index contributed by atoms with van der Waals surface area (Å²) in [7, 11) is 0. The predicted octanol–water partition coefficient (Wildman–Crippen LogP) is 2.51. The molecule has 0 aliphatic carbocycles. The lowest BCUT2D eigenvalue weighted by Gasteiger charge is -2.10. The van der Waals surface area contributed by atoms with Crippen LogP contribution in [0, 0.1) is 0 Å². The van der Waals surface area contributed by atoms with Gasteiger partial charge in [-0.1, -0.05) is 15.9 Å². The van der Waals surface area contributed by atoms with Crippen molar-refractivity contribution in [2.24, 2.45) is 0 Å². The molecule has 1 aromatic carbocycles. The molecule has 1 aromatic rings. The number of amides is 2. The van der Waals surface area contributed by atoms with Crippen LogP contribution >= 0.6 is 27.7 Å². The number of carbonyl (C=O) groups excluding carboxylic acids is 3. The molecule has 0 atom stereocenters. The molecule has 138 valence electrons. The molecule has 2 amide bonds. The van der Waals surface area contributed by atoms with Gasteiger partial charge in [0.1, 0.15) is 12.3 Å². The number of imide groups is 1. The van der Waals surface area contributed by atoms with Crippen LogP contribution in [0.3, 0.4) is 0 Å². The molecule has 0 spiro atoms. The summed E-state index contributed by atoms with van der Waals surface area (Å²) in [6.07, 6.45) is 1.41. The molecule has 26 heavy (non-hydrogen) atoms. The van der Waals surface area contributed by atoms with Crippen molar-refractivity contribution in [1.82, 2.24) is 4.90 Å². The molecular weight excluding hydrogens is 430 g/mol. The Hall–Kier alpha value is -2.33. The highest BCUT2D eigenvalue weighted by atomic mass is 79.9. The first-order chi connectivity index (χ1) is 12.3. The molecule has 0 saturated carbocycles. The van der Waals surface area contributed by atoms with Crippen molar-refractivity contribution >= 4 is 56.9 Å². The van der Waals surface area contributed by atoms with E-state index in [1.54, 1.807) is 25.1 Å². The summed E-state index contributed by atoms with van der Waals surface area (Å²) >= 11 is 3.94. The highest BCUT2D eigenvalue weighted by Crippen LogP contribution is 2.34. The number of carboxylic acid groups (broad SMARTS) is 1. The van der Waals surface area contributed by atoms with E-state index >= 15 is 0 Å². The van der Waals surface area contributed by atoms with E-state index in [9.17, 15) is 19.2 Å². The van der Waals surface area contributed by atoms with Crippen LogP contribution in [-0.4, -0.2) is 52.8 Å². The summed E-state index contributed by atoms with van der Waals surface area (Å²) in [6.45, 7) is 0.895. The molecule has 0 radical (unpaired) electrons. The number of ether oxygens (including phenoxy) is 2. The fraction of sp³-hybridized carbons (Fsp3) is 0.250. The number of thioether (sulfide) groups is 1. The van der Waals surface area contributed by atoms with Crippen molar-refractivity contribution in [2.75, 3.05) is 19.8 Å². The van der Waals surface area contributed by atoms with Crippen LogP contribution in [0.5, 0.6) is 5.75 Å². The van der Waals surface area contributed by atoms with Crippen LogP contribution in [-0.2, 0) is 19.1 Å². The number of carboxylic acids is 1. The smallest absolute Gasteiger partial charge is 0.344 e. The van der Waals surface area contributed by atoms with Gasteiger partial charge in [0.15, 0.2) is 6.61 Å². The van der Waals surface area contributed by atoms with Crippen LogP contribution in [0.1, 0.15) is 12.5 Å². The molecule has 1 aliphatic rings. The van der Waals surface area contributed by atoms with Crippen LogP contribution in [0.25, 0.3) is 6.08 Å². The Morgan fingerprint density at radius 1 is 1.35 bits per heavy atom. The molecule has 1 aliphatic heterocycles. The van der Waals surface area contributed by atoms with Crippen molar-refractivity contribution in [2.45, 2.75) is 6.92 Å². The van der Waals surface area contributed by atoms with Crippen LogP contribution in [0.15, 0.2) is 27.6 Å². The van der Waals surface area contributed by atoms with Crippen molar-refractivity contribution < 1.29 is 33.8 Å². The first kappa shape index (κ1) is 20.0. The van der Waals surface area contributed by atoms with Crippen molar-refractivity contribution in [1.29, 1.82) is 0 Å². The van der Waals surface area contributed by atoms with Gasteiger partial charge in [0.2, 0.25) is 0 Å². The second kappa shape index (κ2) is 8.86. The molecule has 8 nitrogen and oxygen atoms in total. The predicted molar refractivity (Wildman–Crippen MR) is 96.6 cm³/mol. The Kier molecular flexibility index (Phi) is 6.81. The van der Waals surface area contributed by atoms with Crippen molar-refractivity contribution in [3.8, 4) is 5.75 Å². The number of carbonyl (C=O) groups is 4. The second-order valence-corrected chi connectivity index (χ2v) is 6.85. The van der Waals surface area contributed by atoms with Crippen LogP contribution in [0.4, 0.5) is 4.79 Å². The highest BCUT2D eigenvalue weighted by molar-refractivity contribution is 9.10.